The third kappa shape index (κ3) is 3.90. The molecule has 2 aliphatic rings. The van der Waals surface area contributed by atoms with Crippen molar-refractivity contribution >= 4 is 5.97 Å². The molecule has 2 rings (SSSR count). The van der Waals surface area contributed by atoms with Crippen LogP contribution in [0.15, 0.2) is 0 Å². The zero-order valence-corrected chi connectivity index (χ0v) is 16.6. The quantitative estimate of drug-likeness (QED) is 0.696. The minimum atomic E-state index is -1.49. The number of carbonyl (C=O) groups is 1. The summed E-state index contributed by atoms with van der Waals surface area (Å²) in [6.07, 6.45) is 10.9. The van der Waals surface area contributed by atoms with Gasteiger partial charge in [-0.2, -0.15) is 0 Å². The summed E-state index contributed by atoms with van der Waals surface area (Å²) in [7, 11) is 0. The lowest BCUT2D eigenvalue weighted by Crippen LogP contribution is -2.71. The van der Waals surface area contributed by atoms with E-state index in [-0.39, 0.29) is 17.8 Å². The summed E-state index contributed by atoms with van der Waals surface area (Å²) in [4.78, 5) is 12.5. The van der Waals surface area contributed by atoms with Crippen LogP contribution < -0.4 is 0 Å². The molecule has 4 nitrogen and oxygen atoms in total. The van der Waals surface area contributed by atoms with Gasteiger partial charge in [-0.3, -0.25) is 4.79 Å². The maximum Gasteiger partial charge on any atom is 0.306 e. The summed E-state index contributed by atoms with van der Waals surface area (Å²) in [5.41, 5.74) is -3.84. The number of carbonyl (C=O) groups excluding carboxylic acids is 1. The monoisotopic (exact) mass is 354 g/mol. The molecule has 1 atom stereocenters. The van der Waals surface area contributed by atoms with E-state index in [2.05, 4.69) is 0 Å². The van der Waals surface area contributed by atoms with Gasteiger partial charge >= 0.3 is 5.97 Å². The standard InChI is InChI=1S/C21H38O4/c1-5-18(22)25-21(16-12-8-6-9-13-16,17-14-10-7-11-15-17)20(4,24)19(2,3)23/h16-17,23-24H,5-15H2,1-4H3. The van der Waals surface area contributed by atoms with Crippen LogP contribution in [0.5, 0.6) is 0 Å². The lowest BCUT2D eigenvalue weighted by atomic mass is 9.56. The van der Waals surface area contributed by atoms with E-state index >= 15 is 0 Å². The first-order valence-electron chi connectivity index (χ1n) is 10.3. The molecule has 0 heterocycles. The molecule has 0 radical (unpaired) electrons. The Bertz CT molecular complexity index is 419. The third-order valence-electron chi connectivity index (χ3n) is 6.95. The molecule has 2 fully saturated rings. The maximum atomic E-state index is 12.5. The topological polar surface area (TPSA) is 66.8 Å². The van der Waals surface area contributed by atoms with Crippen LogP contribution in [0, 0.1) is 11.8 Å². The van der Waals surface area contributed by atoms with Gasteiger partial charge in [0.2, 0.25) is 0 Å². The molecule has 0 aromatic rings. The minimum absolute atomic E-state index is 0.112. The number of rotatable bonds is 6. The summed E-state index contributed by atoms with van der Waals surface area (Å²) in [6, 6.07) is 0. The molecule has 4 heteroatoms. The lowest BCUT2D eigenvalue weighted by Gasteiger charge is -2.58. The molecule has 1 unspecified atom stereocenters. The Balaban J connectivity index is 2.56. The van der Waals surface area contributed by atoms with E-state index in [9.17, 15) is 15.0 Å². The predicted molar refractivity (Wildman–Crippen MR) is 99.2 cm³/mol. The van der Waals surface area contributed by atoms with E-state index in [0.717, 1.165) is 51.4 Å². The molecule has 0 amide bonds. The zero-order valence-electron chi connectivity index (χ0n) is 16.6. The molecular weight excluding hydrogens is 316 g/mol. The Labute approximate surface area is 153 Å². The van der Waals surface area contributed by atoms with E-state index in [4.69, 9.17) is 4.74 Å². The Hall–Kier alpha value is -0.610. The fraction of sp³-hybridized carbons (Fsp3) is 0.952. The first-order chi connectivity index (χ1) is 11.7. The average molecular weight is 355 g/mol. The van der Waals surface area contributed by atoms with Crippen LogP contribution in [0.2, 0.25) is 0 Å². The molecule has 0 saturated heterocycles. The number of ether oxygens (including phenoxy) is 1. The second kappa shape index (κ2) is 7.96. The van der Waals surface area contributed by atoms with Gasteiger partial charge in [-0.25, -0.2) is 0 Å². The van der Waals surface area contributed by atoms with Crippen molar-refractivity contribution in [3.05, 3.63) is 0 Å². The van der Waals surface area contributed by atoms with Crippen molar-refractivity contribution < 1.29 is 19.7 Å². The molecule has 2 aliphatic carbocycles. The van der Waals surface area contributed by atoms with E-state index in [0.29, 0.717) is 6.42 Å². The molecule has 0 spiro atoms. The summed E-state index contributed by atoms with van der Waals surface area (Å²) >= 11 is 0. The molecular formula is C21H38O4. The van der Waals surface area contributed by atoms with Gasteiger partial charge in [0.15, 0.2) is 0 Å². The second-order valence-electron chi connectivity index (χ2n) is 8.92. The van der Waals surface area contributed by atoms with Crippen molar-refractivity contribution in [2.75, 3.05) is 0 Å². The van der Waals surface area contributed by atoms with Gasteiger partial charge in [0.25, 0.3) is 0 Å². The summed E-state index contributed by atoms with van der Waals surface area (Å²) < 4.78 is 6.21. The highest BCUT2D eigenvalue weighted by Crippen LogP contribution is 2.53. The predicted octanol–water partition coefficient (Wildman–Crippen LogP) is 4.36. The van der Waals surface area contributed by atoms with Crippen molar-refractivity contribution in [1.29, 1.82) is 0 Å². The summed E-state index contributed by atoms with van der Waals surface area (Å²) in [6.45, 7) is 6.78. The molecule has 146 valence electrons. The molecule has 0 bridgehead atoms. The summed E-state index contributed by atoms with van der Waals surface area (Å²) in [5, 5.41) is 22.6. The number of hydrogen-bond acceptors (Lipinski definition) is 4. The Morgan fingerprint density at radius 3 is 1.60 bits per heavy atom. The van der Waals surface area contributed by atoms with Gasteiger partial charge in [-0.1, -0.05) is 45.4 Å². The van der Waals surface area contributed by atoms with Crippen molar-refractivity contribution in [2.24, 2.45) is 11.8 Å². The number of esters is 1. The Morgan fingerprint density at radius 2 is 1.28 bits per heavy atom. The minimum Gasteiger partial charge on any atom is -0.455 e. The zero-order chi connectivity index (χ0) is 18.7. The normalized spacial score (nSPS) is 23.9. The molecule has 2 saturated carbocycles. The van der Waals surface area contributed by atoms with E-state index in [1.807, 2.05) is 0 Å². The molecule has 25 heavy (non-hydrogen) atoms. The van der Waals surface area contributed by atoms with Crippen LogP contribution in [0.25, 0.3) is 0 Å². The van der Waals surface area contributed by atoms with Crippen LogP contribution in [0.4, 0.5) is 0 Å². The van der Waals surface area contributed by atoms with E-state index in [1.165, 1.54) is 12.8 Å². The van der Waals surface area contributed by atoms with E-state index < -0.39 is 16.8 Å². The summed E-state index contributed by atoms with van der Waals surface area (Å²) in [5.74, 6) is -0.0387. The van der Waals surface area contributed by atoms with Gasteiger partial charge in [0.05, 0.1) is 5.60 Å². The SMILES string of the molecule is CCC(=O)OC(C1CCCCC1)(C1CCCCC1)C(C)(O)C(C)(C)O. The van der Waals surface area contributed by atoms with Crippen LogP contribution >= 0.6 is 0 Å². The van der Waals surface area contributed by atoms with E-state index in [1.54, 1.807) is 27.7 Å². The Kier molecular flexibility index (Phi) is 6.59. The van der Waals surface area contributed by atoms with Crippen LogP contribution in [-0.2, 0) is 9.53 Å². The lowest BCUT2D eigenvalue weighted by molar-refractivity contribution is -0.280. The highest BCUT2D eigenvalue weighted by Gasteiger charge is 2.64. The molecule has 0 aliphatic heterocycles. The highest BCUT2D eigenvalue weighted by molar-refractivity contribution is 5.69. The highest BCUT2D eigenvalue weighted by atomic mass is 16.6. The van der Waals surface area contributed by atoms with Gasteiger partial charge < -0.3 is 14.9 Å². The fourth-order valence-corrected chi connectivity index (χ4v) is 5.20. The van der Waals surface area contributed by atoms with Crippen LogP contribution in [0.1, 0.15) is 98.3 Å². The van der Waals surface area contributed by atoms with Crippen molar-refractivity contribution in [1.82, 2.24) is 0 Å². The van der Waals surface area contributed by atoms with Gasteiger partial charge in [-0.15, -0.1) is 0 Å². The van der Waals surface area contributed by atoms with Crippen molar-refractivity contribution in [3.8, 4) is 0 Å². The van der Waals surface area contributed by atoms with Crippen molar-refractivity contribution in [3.63, 3.8) is 0 Å². The van der Waals surface area contributed by atoms with Gasteiger partial charge in [0, 0.05) is 18.3 Å². The molecule has 2 N–H and O–H groups in total. The van der Waals surface area contributed by atoms with Crippen molar-refractivity contribution in [2.45, 2.75) is 115 Å². The van der Waals surface area contributed by atoms with Crippen LogP contribution in [0.3, 0.4) is 0 Å². The first kappa shape index (κ1) is 20.7. The fourth-order valence-electron chi connectivity index (χ4n) is 5.20. The molecule has 0 aromatic heterocycles. The Morgan fingerprint density at radius 1 is 0.880 bits per heavy atom. The van der Waals surface area contributed by atoms with Gasteiger partial charge in [-0.05, 0) is 46.5 Å². The average Bonchev–Trinajstić information content (AvgIpc) is 2.59. The first-order valence-corrected chi connectivity index (χ1v) is 10.3. The van der Waals surface area contributed by atoms with Gasteiger partial charge in [0.1, 0.15) is 11.2 Å². The smallest absolute Gasteiger partial charge is 0.306 e. The maximum absolute atomic E-state index is 12.5. The second-order valence-corrected chi connectivity index (χ2v) is 8.92. The third-order valence-corrected chi connectivity index (χ3v) is 6.95. The molecule has 0 aromatic carbocycles. The number of aliphatic hydroxyl groups is 2. The number of hydrogen-bond donors (Lipinski definition) is 2. The largest absolute Gasteiger partial charge is 0.455 e. The van der Waals surface area contributed by atoms with Crippen LogP contribution in [-0.4, -0.2) is 33.0 Å².